The standard InChI is InChI=1S/C5H9NO5/c7-1-2-3(8)4(9)5(6-10)11-2/h2-3,5-8,10H,1H2/t2-,3-,5?/m1/s1. The van der Waals surface area contributed by atoms with Crippen molar-refractivity contribution < 1.29 is 25.0 Å². The van der Waals surface area contributed by atoms with Crippen LogP contribution >= 0.6 is 0 Å². The van der Waals surface area contributed by atoms with Gasteiger partial charge in [-0.25, -0.2) is 0 Å². The van der Waals surface area contributed by atoms with Gasteiger partial charge < -0.3 is 20.2 Å². The highest BCUT2D eigenvalue weighted by molar-refractivity contribution is 5.89. The average molecular weight is 163 g/mol. The summed E-state index contributed by atoms with van der Waals surface area (Å²) in [6, 6.07) is 0. The van der Waals surface area contributed by atoms with Crippen molar-refractivity contribution in [1.82, 2.24) is 5.48 Å². The lowest BCUT2D eigenvalue weighted by atomic mass is 10.2. The SMILES string of the molecule is O=C1C(NO)O[C@H](CO)[C@H]1O. The van der Waals surface area contributed by atoms with Crippen LogP contribution < -0.4 is 5.48 Å². The molecule has 0 aliphatic carbocycles. The molecule has 0 aromatic carbocycles. The van der Waals surface area contributed by atoms with Crippen molar-refractivity contribution in [2.75, 3.05) is 6.61 Å². The van der Waals surface area contributed by atoms with Gasteiger partial charge in [0.2, 0.25) is 5.78 Å². The fourth-order valence-electron chi connectivity index (χ4n) is 0.892. The largest absolute Gasteiger partial charge is 0.394 e. The van der Waals surface area contributed by atoms with E-state index in [2.05, 4.69) is 4.74 Å². The monoisotopic (exact) mass is 163 g/mol. The zero-order chi connectivity index (χ0) is 8.43. The molecule has 64 valence electrons. The van der Waals surface area contributed by atoms with Crippen LogP contribution in [0.25, 0.3) is 0 Å². The number of hydroxylamine groups is 1. The number of aliphatic hydroxyl groups is 2. The van der Waals surface area contributed by atoms with E-state index >= 15 is 0 Å². The molecule has 0 spiro atoms. The summed E-state index contributed by atoms with van der Waals surface area (Å²) in [5.41, 5.74) is 1.57. The van der Waals surface area contributed by atoms with Crippen molar-refractivity contribution in [2.24, 2.45) is 0 Å². The van der Waals surface area contributed by atoms with Gasteiger partial charge in [-0.15, -0.1) is 0 Å². The minimum Gasteiger partial charge on any atom is -0.394 e. The second-order valence-corrected chi connectivity index (χ2v) is 2.21. The molecule has 1 saturated heterocycles. The highest BCUT2D eigenvalue weighted by Gasteiger charge is 2.41. The van der Waals surface area contributed by atoms with Crippen molar-refractivity contribution in [3.05, 3.63) is 0 Å². The molecule has 0 aromatic rings. The highest BCUT2D eigenvalue weighted by atomic mass is 16.6. The lowest BCUT2D eigenvalue weighted by Gasteiger charge is -2.07. The molecule has 6 heteroatoms. The molecule has 0 amide bonds. The maximum absolute atomic E-state index is 10.8. The maximum Gasteiger partial charge on any atom is 0.209 e. The summed E-state index contributed by atoms with van der Waals surface area (Å²) in [5, 5.41) is 25.8. The van der Waals surface area contributed by atoms with Gasteiger partial charge >= 0.3 is 0 Å². The van der Waals surface area contributed by atoms with Crippen molar-refractivity contribution in [3.8, 4) is 0 Å². The van der Waals surface area contributed by atoms with Crippen LogP contribution in [0.4, 0.5) is 0 Å². The summed E-state index contributed by atoms with van der Waals surface area (Å²) in [4.78, 5) is 10.8. The molecule has 11 heavy (non-hydrogen) atoms. The first-order valence-electron chi connectivity index (χ1n) is 3.08. The predicted molar refractivity (Wildman–Crippen MR) is 31.7 cm³/mol. The molecule has 4 N–H and O–H groups in total. The number of hydrogen-bond acceptors (Lipinski definition) is 6. The molecule has 0 saturated carbocycles. The van der Waals surface area contributed by atoms with Crippen LogP contribution in [0, 0.1) is 0 Å². The van der Waals surface area contributed by atoms with Gasteiger partial charge in [0.25, 0.3) is 0 Å². The Labute approximate surface area is 62.4 Å². The first kappa shape index (κ1) is 8.57. The molecule has 1 aliphatic rings. The number of ketones is 1. The molecular weight excluding hydrogens is 154 g/mol. The third-order valence-corrected chi connectivity index (χ3v) is 1.51. The number of nitrogens with one attached hydrogen (secondary N) is 1. The Morgan fingerprint density at radius 2 is 2.27 bits per heavy atom. The normalized spacial score (nSPS) is 38.1. The van der Waals surface area contributed by atoms with E-state index in [1.807, 2.05) is 0 Å². The first-order chi connectivity index (χ1) is 5.20. The van der Waals surface area contributed by atoms with Gasteiger partial charge in [0.15, 0.2) is 6.23 Å². The van der Waals surface area contributed by atoms with E-state index in [0.717, 1.165) is 0 Å². The number of ether oxygens (including phenoxy) is 1. The quantitative estimate of drug-likeness (QED) is 0.339. The predicted octanol–water partition coefficient (Wildman–Crippen LogP) is -2.39. The molecule has 1 fully saturated rings. The van der Waals surface area contributed by atoms with Crippen LogP contribution in [0.2, 0.25) is 0 Å². The smallest absolute Gasteiger partial charge is 0.209 e. The Bertz CT molecular complexity index is 157. The van der Waals surface area contributed by atoms with Crippen LogP contribution in [0.3, 0.4) is 0 Å². The maximum atomic E-state index is 10.8. The van der Waals surface area contributed by atoms with Gasteiger partial charge in [-0.05, 0) is 0 Å². The van der Waals surface area contributed by atoms with E-state index in [0.29, 0.717) is 0 Å². The van der Waals surface area contributed by atoms with Gasteiger partial charge in [0.1, 0.15) is 12.2 Å². The fourth-order valence-corrected chi connectivity index (χ4v) is 0.892. The van der Waals surface area contributed by atoms with Gasteiger partial charge in [0.05, 0.1) is 6.61 Å². The Morgan fingerprint density at radius 3 is 2.55 bits per heavy atom. The van der Waals surface area contributed by atoms with Crippen LogP contribution in [0.15, 0.2) is 0 Å². The van der Waals surface area contributed by atoms with Crippen molar-refractivity contribution >= 4 is 5.78 Å². The average Bonchev–Trinajstić information content (AvgIpc) is 2.30. The summed E-state index contributed by atoms with van der Waals surface area (Å²) >= 11 is 0. The Morgan fingerprint density at radius 1 is 1.64 bits per heavy atom. The number of carbonyl (C=O) groups is 1. The Balaban J connectivity index is 2.61. The van der Waals surface area contributed by atoms with Crippen LogP contribution in [-0.4, -0.2) is 46.2 Å². The van der Waals surface area contributed by atoms with Crippen molar-refractivity contribution in [1.29, 1.82) is 0 Å². The summed E-state index contributed by atoms with van der Waals surface area (Å²) in [5.74, 6) is -0.674. The third kappa shape index (κ3) is 1.39. The third-order valence-electron chi connectivity index (χ3n) is 1.51. The Kier molecular flexibility index (Phi) is 2.53. The van der Waals surface area contributed by atoms with Crippen molar-refractivity contribution in [3.63, 3.8) is 0 Å². The molecule has 1 heterocycles. The molecule has 1 rings (SSSR count). The highest BCUT2D eigenvalue weighted by Crippen LogP contribution is 2.14. The Hall–Kier alpha value is -0.530. The second-order valence-electron chi connectivity index (χ2n) is 2.21. The van der Waals surface area contributed by atoms with Crippen LogP contribution in [-0.2, 0) is 9.53 Å². The molecule has 0 aromatic heterocycles. The second kappa shape index (κ2) is 3.24. The minimum atomic E-state index is -1.36. The summed E-state index contributed by atoms with van der Waals surface area (Å²) in [7, 11) is 0. The molecular formula is C5H9NO5. The van der Waals surface area contributed by atoms with Gasteiger partial charge in [0, 0.05) is 0 Å². The lowest BCUT2D eigenvalue weighted by molar-refractivity contribution is -0.133. The number of carbonyl (C=O) groups excluding carboxylic acids is 1. The van der Waals surface area contributed by atoms with Gasteiger partial charge in [-0.1, -0.05) is 0 Å². The summed E-state index contributed by atoms with van der Waals surface area (Å²) < 4.78 is 4.67. The molecule has 6 nitrogen and oxygen atoms in total. The van der Waals surface area contributed by atoms with Gasteiger partial charge in [-0.2, -0.15) is 5.48 Å². The minimum absolute atomic E-state index is 0.453. The fraction of sp³-hybridized carbons (Fsp3) is 0.800. The first-order valence-corrected chi connectivity index (χ1v) is 3.08. The lowest BCUT2D eigenvalue weighted by Crippen LogP contribution is -2.34. The number of hydrogen-bond donors (Lipinski definition) is 4. The van der Waals surface area contributed by atoms with E-state index in [4.69, 9.17) is 15.4 Å². The molecule has 0 radical (unpaired) electrons. The number of Topliss-reactive ketones (excluding diaryl/α,β-unsaturated/α-hetero) is 1. The molecule has 1 aliphatic heterocycles. The number of rotatable bonds is 2. The molecule has 1 unspecified atom stereocenters. The van der Waals surface area contributed by atoms with Crippen LogP contribution in [0.5, 0.6) is 0 Å². The zero-order valence-corrected chi connectivity index (χ0v) is 5.60. The molecule has 0 bridgehead atoms. The number of aliphatic hydroxyl groups excluding tert-OH is 2. The zero-order valence-electron chi connectivity index (χ0n) is 5.60. The summed E-state index contributed by atoms with van der Waals surface area (Å²) in [6.07, 6.45) is -3.51. The van der Waals surface area contributed by atoms with E-state index in [9.17, 15) is 4.79 Å². The van der Waals surface area contributed by atoms with E-state index in [1.165, 1.54) is 0 Å². The van der Waals surface area contributed by atoms with Crippen molar-refractivity contribution in [2.45, 2.75) is 18.4 Å². The van der Waals surface area contributed by atoms with E-state index < -0.39 is 30.8 Å². The topological polar surface area (TPSA) is 99.0 Å². The van der Waals surface area contributed by atoms with Gasteiger partial charge in [-0.3, -0.25) is 4.79 Å². The van der Waals surface area contributed by atoms with E-state index in [1.54, 1.807) is 5.48 Å². The summed E-state index contributed by atoms with van der Waals surface area (Å²) in [6.45, 7) is -0.453. The molecule has 3 atom stereocenters. The van der Waals surface area contributed by atoms with Crippen LogP contribution in [0.1, 0.15) is 0 Å². The van der Waals surface area contributed by atoms with E-state index in [-0.39, 0.29) is 0 Å².